The molecule has 0 N–H and O–H groups in total. The van der Waals surface area contributed by atoms with Crippen LogP contribution in [0.15, 0.2) is 22.7 Å². The SMILES string of the molecule is Fc1cc(F)c(-c2cc(CBr)on2)c(F)c1. The van der Waals surface area contributed by atoms with Gasteiger partial charge in [-0.3, -0.25) is 0 Å². The van der Waals surface area contributed by atoms with Crippen LogP contribution in [0.25, 0.3) is 11.3 Å². The third-order valence-electron chi connectivity index (χ3n) is 1.95. The molecule has 16 heavy (non-hydrogen) atoms. The molecule has 0 saturated heterocycles. The second-order valence-electron chi connectivity index (χ2n) is 3.06. The zero-order valence-electron chi connectivity index (χ0n) is 7.81. The molecule has 2 rings (SSSR count). The van der Waals surface area contributed by atoms with Crippen LogP contribution in [-0.2, 0) is 5.33 Å². The maximum Gasteiger partial charge on any atom is 0.147 e. The highest BCUT2D eigenvalue weighted by Gasteiger charge is 2.17. The van der Waals surface area contributed by atoms with Crippen LogP contribution < -0.4 is 0 Å². The zero-order chi connectivity index (χ0) is 11.7. The second-order valence-corrected chi connectivity index (χ2v) is 3.62. The van der Waals surface area contributed by atoms with Crippen molar-refractivity contribution in [3.8, 4) is 11.3 Å². The minimum atomic E-state index is -1.01. The van der Waals surface area contributed by atoms with E-state index in [-0.39, 0.29) is 5.69 Å². The average molecular weight is 292 g/mol. The van der Waals surface area contributed by atoms with E-state index in [4.69, 9.17) is 4.52 Å². The van der Waals surface area contributed by atoms with Gasteiger partial charge in [0.05, 0.1) is 10.9 Å². The molecule has 1 aromatic heterocycles. The molecule has 1 aromatic carbocycles. The molecule has 2 nitrogen and oxygen atoms in total. The summed E-state index contributed by atoms with van der Waals surface area (Å²) in [6, 6.07) is 2.58. The molecule has 0 saturated carbocycles. The fourth-order valence-corrected chi connectivity index (χ4v) is 1.54. The van der Waals surface area contributed by atoms with Crippen molar-refractivity contribution in [3.05, 3.63) is 41.4 Å². The lowest BCUT2D eigenvalue weighted by Gasteiger charge is -2.00. The lowest BCUT2D eigenvalue weighted by molar-refractivity contribution is 0.397. The minimum Gasteiger partial charge on any atom is -0.360 e. The Morgan fingerprint density at radius 2 is 1.75 bits per heavy atom. The van der Waals surface area contributed by atoms with Gasteiger partial charge in [0.25, 0.3) is 0 Å². The summed E-state index contributed by atoms with van der Waals surface area (Å²) in [6.45, 7) is 0. The summed E-state index contributed by atoms with van der Waals surface area (Å²) in [4.78, 5) is 0. The lowest BCUT2D eigenvalue weighted by atomic mass is 10.1. The summed E-state index contributed by atoms with van der Waals surface area (Å²) in [5, 5.41) is 3.88. The molecular weight excluding hydrogens is 287 g/mol. The highest BCUT2D eigenvalue weighted by atomic mass is 79.9. The van der Waals surface area contributed by atoms with Crippen LogP contribution in [0.3, 0.4) is 0 Å². The van der Waals surface area contributed by atoms with E-state index >= 15 is 0 Å². The van der Waals surface area contributed by atoms with Crippen molar-refractivity contribution < 1.29 is 17.7 Å². The smallest absolute Gasteiger partial charge is 0.147 e. The number of benzene rings is 1. The highest BCUT2D eigenvalue weighted by molar-refractivity contribution is 9.08. The van der Waals surface area contributed by atoms with Gasteiger partial charge in [0.15, 0.2) is 0 Å². The quantitative estimate of drug-likeness (QED) is 0.790. The Labute approximate surface area is 97.2 Å². The molecular formula is C10H5BrF3NO. The van der Waals surface area contributed by atoms with Crippen molar-refractivity contribution in [2.75, 3.05) is 0 Å². The first-order valence-electron chi connectivity index (χ1n) is 4.28. The predicted octanol–water partition coefficient (Wildman–Crippen LogP) is 3.65. The Kier molecular flexibility index (Phi) is 3.00. The molecule has 84 valence electrons. The van der Waals surface area contributed by atoms with E-state index in [0.717, 1.165) is 0 Å². The summed E-state index contributed by atoms with van der Waals surface area (Å²) in [6.07, 6.45) is 0. The topological polar surface area (TPSA) is 26.0 Å². The standard InChI is InChI=1S/C10H5BrF3NO/c11-4-6-3-9(15-16-6)10-7(13)1-5(12)2-8(10)14/h1-3H,4H2. The van der Waals surface area contributed by atoms with Crippen molar-refractivity contribution in [1.29, 1.82) is 0 Å². The van der Waals surface area contributed by atoms with E-state index in [9.17, 15) is 13.2 Å². The first kappa shape index (κ1) is 11.2. The Bertz CT molecular complexity index is 504. The minimum absolute atomic E-state index is 0.00412. The number of aromatic nitrogens is 1. The fraction of sp³-hybridized carbons (Fsp3) is 0.100. The molecule has 0 spiro atoms. The normalized spacial score (nSPS) is 10.8. The average Bonchev–Trinajstić information content (AvgIpc) is 2.64. The van der Waals surface area contributed by atoms with Crippen LogP contribution in [0.2, 0.25) is 0 Å². The van der Waals surface area contributed by atoms with Crippen molar-refractivity contribution in [3.63, 3.8) is 0 Å². The molecule has 0 aliphatic carbocycles. The van der Waals surface area contributed by atoms with Crippen LogP contribution in [0.1, 0.15) is 5.76 Å². The summed E-state index contributed by atoms with van der Waals surface area (Å²) < 4.78 is 44.1. The maximum absolute atomic E-state index is 13.3. The van der Waals surface area contributed by atoms with Gasteiger partial charge in [-0.05, 0) is 0 Å². The van der Waals surface area contributed by atoms with E-state index in [0.29, 0.717) is 23.2 Å². The van der Waals surface area contributed by atoms with Crippen LogP contribution in [0, 0.1) is 17.5 Å². The molecule has 0 aliphatic heterocycles. The van der Waals surface area contributed by atoms with E-state index < -0.39 is 23.0 Å². The van der Waals surface area contributed by atoms with Gasteiger partial charge in [-0.1, -0.05) is 21.1 Å². The molecule has 0 atom stereocenters. The van der Waals surface area contributed by atoms with Gasteiger partial charge in [-0.15, -0.1) is 0 Å². The first-order valence-corrected chi connectivity index (χ1v) is 5.40. The number of halogens is 4. The molecule has 0 aliphatic rings. The Hall–Kier alpha value is -1.30. The van der Waals surface area contributed by atoms with Gasteiger partial charge >= 0.3 is 0 Å². The molecule has 6 heteroatoms. The molecule has 0 bridgehead atoms. The van der Waals surface area contributed by atoms with E-state index in [1.54, 1.807) is 0 Å². The molecule has 0 amide bonds. The van der Waals surface area contributed by atoms with Crippen LogP contribution >= 0.6 is 15.9 Å². The fourth-order valence-electron chi connectivity index (χ4n) is 1.28. The van der Waals surface area contributed by atoms with Crippen molar-refractivity contribution in [2.24, 2.45) is 0 Å². The van der Waals surface area contributed by atoms with E-state index in [2.05, 4.69) is 21.1 Å². The summed E-state index contributed by atoms with van der Waals surface area (Å²) in [5.74, 6) is -2.56. The van der Waals surface area contributed by atoms with E-state index in [1.807, 2.05) is 0 Å². The predicted molar refractivity (Wildman–Crippen MR) is 54.4 cm³/mol. The number of alkyl halides is 1. The van der Waals surface area contributed by atoms with Crippen molar-refractivity contribution in [2.45, 2.75) is 5.33 Å². The Balaban J connectivity index is 2.55. The third-order valence-corrected chi connectivity index (χ3v) is 2.51. The second kappa shape index (κ2) is 4.29. The van der Waals surface area contributed by atoms with Crippen LogP contribution in [0.4, 0.5) is 13.2 Å². The van der Waals surface area contributed by atoms with Crippen LogP contribution in [0.5, 0.6) is 0 Å². The summed E-state index contributed by atoms with van der Waals surface area (Å²) >= 11 is 3.11. The Morgan fingerprint density at radius 1 is 1.12 bits per heavy atom. The molecule has 0 fully saturated rings. The monoisotopic (exact) mass is 291 g/mol. The van der Waals surface area contributed by atoms with Gasteiger partial charge in [0.1, 0.15) is 28.9 Å². The lowest BCUT2D eigenvalue weighted by Crippen LogP contribution is -1.92. The van der Waals surface area contributed by atoms with Gasteiger partial charge < -0.3 is 4.52 Å². The van der Waals surface area contributed by atoms with Gasteiger partial charge in [-0.25, -0.2) is 13.2 Å². The largest absolute Gasteiger partial charge is 0.360 e. The van der Waals surface area contributed by atoms with Crippen molar-refractivity contribution in [1.82, 2.24) is 5.16 Å². The van der Waals surface area contributed by atoms with Gasteiger partial charge in [0, 0.05) is 18.2 Å². The number of rotatable bonds is 2. The number of nitrogens with zero attached hydrogens (tertiary/aromatic N) is 1. The number of hydrogen-bond acceptors (Lipinski definition) is 2. The zero-order valence-corrected chi connectivity index (χ0v) is 9.39. The highest BCUT2D eigenvalue weighted by Crippen LogP contribution is 2.27. The maximum atomic E-state index is 13.3. The van der Waals surface area contributed by atoms with Crippen LogP contribution in [-0.4, -0.2) is 5.16 Å². The number of hydrogen-bond donors (Lipinski definition) is 0. The first-order chi connectivity index (χ1) is 7.61. The molecule has 2 aromatic rings. The summed E-state index contributed by atoms with van der Waals surface area (Å²) in [5.41, 5.74) is -0.387. The molecule has 0 unspecified atom stereocenters. The van der Waals surface area contributed by atoms with Gasteiger partial charge in [-0.2, -0.15) is 0 Å². The summed E-state index contributed by atoms with van der Waals surface area (Å²) in [7, 11) is 0. The van der Waals surface area contributed by atoms with Crippen molar-refractivity contribution >= 4 is 15.9 Å². The van der Waals surface area contributed by atoms with E-state index in [1.165, 1.54) is 6.07 Å². The van der Waals surface area contributed by atoms with Gasteiger partial charge in [0.2, 0.25) is 0 Å². The molecule has 0 radical (unpaired) electrons. The Morgan fingerprint density at radius 3 is 2.25 bits per heavy atom. The third kappa shape index (κ3) is 1.97. The molecule has 1 heterocycles.